The molecule has 1 fully saturated rings. The Labute approximate surface area is 128 Å². The number of nitrogens with zero attached hydrogens (tertiary/aromatic N) is 6. The van der Waals surface area contributed by atoms with Crippen LogP contribution in [0.25, 0.3) is 0 Å². The highest BCUT2D eigenvalue weighted by molar-refractivity contribution is 5.80. The largest absolute Gasteiger partial charge is 0.339 e. The van der Waals surface area contributed by atoms with Gasteiger partial charge in [-0.3, -0.25) is 4.79 Å². The highest BCUT2D eigenvalue weighted by Gasteiger charge is 2.36. The lowest BCUT2D eigenvalue weighted by atomic mass is 10.2. The van der Waals surface area contributed by atoms with Crippen LogP contribution in [0.4, 0.5) is 0 Å². The van der Waals surface area contributed by atoms with Crippen molar-refractivity contribution in [2.24, 2.45) is 0 Å². The third kappa shape index (κ3) is 2.60. The van der Waals surface area contributed by atoms with E-state index in [0.717, 1.165) is 12.8 Å². The maximum absolute atomic E-state index is 12.7. The molecule has 1 saturated heterocycles. The summed E-state index contributed by atoms with van der Waals surface area (Å²) in [4.78, 5) is 22.9. The maximum Gasteiger partial charge on any atom is 0.247 e. The standard InChI is InChI=1S/C14H20N6O2/c1-9(2)13-17-12(18-22-13)11-5-4-6-19(11)14(21)10(3)20-8-15-7-16-20/h7-11H,4-6H2,1-3H3/t10-,11-/m0/s1. The molecule has 0 radical (unpaired) electrons. The van der Waals surface area contributed by atoms with Gasteiger partial charge in [-0.15, -0.1) is 0 Å². The summed E-state index contributed by atoms with van der Waals surface area (Å²) in [6, 6.07) is -0.505. The van der Waals surface area contributed by atoms with Gasteiger partial charge >= 0.3 is 0 Å². The van der Waals surface area contributed by atoms with E-state index < -0.39 is 0 Å². The van der Waals surface area contributed by atoms with Crippen LogP contribution in [-0.2, 0) is 4.79 Å². The molecule has 118 valence electrons. The summed E-state index contributed by atoms with van der Waals surface area (Å²) in [6.45, 7) is 6.53. The van der Waals surface area contributed by atoms with Gasteiger partial charge in [0.05, 0.1) is 6.04 Å². The van der Waals surface area contributed by atoms with Gasteiger partial charge in [0, 0.05) is 12.5 Å². The number of carbonyl (C=O) groups is 1. The van der Waals surface area contributed by atoms with Crippen molar-refractivity contribution in [3.05, 3.63) is 24.4 Å². The van der Waals surface area contributed by atoms with Gasteiger partial charge in [-0.25, -0.2) is 9.67 Å². The van der Waals surface area contributed by atoms with E-state index in [0.29, 0.717) is 18.3 Å². The first-order valence-corrected chi connectivity index (χ1v) is 7.56. The fourth-order valence-electron chi connectivity index (χ4n) is 2.69. The zero-order valence-electron chi connectivity index (χ0n) is 13.0. The monoisotopic (exact) mass is 304 g/mol. The molecular weight excluding hydrogens is 284 g/mol. The SMILES string of the molecule is CC(C)c1nc([C@@H]2CCCN2C(=O)[C@H](C)n2cncn2)no1. The molecule has 1 aliphatic heterocycles. The lowest BCUT2D eigenvalue weighted by Gasteiger charge is -2.25. The van der Waals surface area contributed by atoms with E-state index in [1.165, 1.54) is 6.33 Å². The predicted octanol–water partition coefficient (Wildman–Crippen LogP) is 1.71. The van der Waals surface area contributed by atoms with Crippen molar-refractivity contribution in [2.45, 2.75) is 51.6 Å². The molecule has 0 spiro atoms. The third-order valence-electron chi connectivity index (χ3n) is 3.98. The van der Waals surface area contributed by atoms with Crippen molar-refractivity contribution in [2.75, 3.05) is 6.54 Å². The number of hydrogen-bond acceptors (Lipinski definition) is 6. The van der Waals surface area contributed by atoms with E-state index in [9.17, 15) is 4.79 Å². The second-order valence-electron chi connectivity index (χ2n) is 5.89. The van der Waals surface area contributed by atoms with E-state index in [1.807, 2.05) is 25.7 Å². The van der Waals surface area contributed by atoms with Crippen LogP contribution in [0.2, 0.25) is 0 Å². The molecule has 0 N–H and O–H groups in total. The van der Waals surface area contributed by atoms with Crippen molar-refractivity contribution >= 4 is 5.91 Å². The smallest absolute Gasteiger partial charge is 0.247 e. The van der Waals surface area contributed by atoms with Gasteiger partial charge in [-0.05, 0) is 19.8 Å². The molecule has 3 heterocycles. The molecule has 0 unspecified atom stereocenters. The lowest BCUT2D eigenvalue weighted by molar-refractivity contribution is -0.135. The Hall–Kier alpha value is -2.25. The Morgan fingerprint density at radius 3 is 2.86 bits per heavy atom. The molecule has 1 amide bonds. The predicted molar refractivity (Wildman–Crippen MR) is 76.8 cm³/mol. The van der Waals surface area contributed by atoms with Gasteiger partial charge in [-0.1, -0.05) is 19.0 Å². The summed E-state index contributed by atoms with van der Waals surface area (Å²) in [5.41, 5.74) is 0. The van der Waals surface area contributed by atoms with E-state index in [2.05, 4.69) is 20.2 Å². The van der Waals surface area contributed by atoms with Gasteiger partial charge in [0.25, 0.3) is 0 Å². The minimum atomic E-state index is -0.389. The summed E-state index contributed by atoms with van der Waals surface area (Å²) >= 11 is 0. The number of amides is 1. The quantitative estimate of drug-likeness (QED) is 0.854. The number of rotatable bonds is 4. The molecule has 1 aliphatic rings. The number of hydrogen-bond donors (Lipinski definition) is 0. The Kier molecular flexibility index (Phi) is 3.91. The van der Waals surface area contributed by atoms with Gasteiger partial charge in [-0.2, -0.15) is 10.1 Å². The third-order valence-corrected chi connectivity index (χ3v) is 3.98. The first kappa shape index (κ1) is 14.7. The minimum Gasteiger partial charge on any atom is -0.339 e. The Balaban J connectivity index is 1.79. The number of likely N-dealkylation sites (tertiary alicyclic amines) is 1. The molecule has 0 bridgehead atoms. The van der Waals surface area contributed by atoms with Crippen LogP contribution >= 0.6 is 0 Å². The molecule has 0 aromatic carbocycles. The molecule has 0 aliphatic carbocycles. The van der Waals surface area contributed by atoms with Gasteiger partial charge in [0.1, 0.15) is 18.7 Å². The molecule has 8 nitrogen and oxygen atoms in total. The highest BCUT2D eigenvalue weighted by atomic mass is 16.5. The Bertz CT molecular complexity index is 636. The van der Waals surface area contributed by atoms with E-state index >= 15 is 0 Å². The van der Waals surface area contributed by atoms with Crippen LogP contribution in [0.5, 0.6) is 0 Å². The lowest BCUT2D eigenvalue weighted by Crippen LogP contribution is -2.36. The van der Waals surface area contributed by atoms with Gasteiger partial charge in [0.2, 0.25) is 11.8 Å². The molecule has 8 heteroatoms. The Morgan fingerprint density at radius 2 is 2.23 bits per heavy atom. The maximum atomic E-state index is 12.7. The number of carbonyl (C=O) groups excluding carboxylic acids is 1. The summed E-state index contributed by atoms with van der Waals surface area (Å²) in [5.74, 6) is 1.39. The van der Waals surface area contributed by atoms with E-state index in [4.69, 9.17) is 4.52 Å². The molecule has 2 aromatic rings. The summed E-state index contributed by atoms with van der Waals surface area (Å²) in [5, 5.41) is 8.10. The van der Waals surface area contributed by atoms with Crippen molar-refractivity contribution in [1.82, 2.24) is 29.8 Å². The molecule has 22 heavy (non-hydrogen) atoms. The Morgan fingerprint density at radius 1 is 1.41 bits per heavy atom. The average Bonchev–Trinajstić information content (AvgIpc) is 3.24. The van der Waals surface area contributed by atoms with Crippen LogP contribution in [0, 0.1) is 0 Å². The first-order chi connectivity index (χ1) is 10.6. The van der Waals surface area contributed by atoms with Crippen LogP contribution in [0.1, 0.15) is 63.3 Å². The van der Waals surface area contributed by atoms with Crippen molar-refractivity contribution in [3.8, 4) is 0 Å². The van der Waals surface area contributed by atoms with Gasteiger partial charge < -0.3 is 9.42 Å². The molecule has 2 aromatic heterocycles. The second-order valence-corrected chi connectivity index (χ2v) is 5.89. The zero-order valence-corrected chi connectivity index (χ0v) is 13.0. The molecule has 0 saturated carbocycles. The second kappa shape index (κ2) is 5.86. The van der Waals surface area contributed by atoms with Crippen LogP contribution < -0.4 is 0 Å². The van der Waals surface area contributed by atoms with Crippen LogP contribution in [0.3, 0.4) is 0 Å². The van der Waals surface area contributed by atoms with E-state index in [1.54, 1.807) is 11.0 Å². The summed E-state index contributed by atoms with van der Waals surface area (Å²) < 4.78 is 6.84. The highest BCUT2D eigenvalue weighted by Crippen LogP contribution is 2.32. The molecular formula is C14H20N6O2. The fourth-order valence-corrected chi connectivity index (χ4v) is 2.69. The first-order valence-electron chi connectivity index (χ1n) is 7.56. The summed E-state index contributed by atoms with van der Waals surface area (Å²) in [6.07, 6.45) is 4.77. The van der Waals surface area contributed by atoms with Crippen LogP contribution in [0.15, 0.2) is 17.2 Å². The summed E-state index contributed by atoms with van der Waals surface area (Å²) in [7, 11) is 0. The van der Waals surface area contributed by atoms with Crippen molar-refractivity contribution in [3.63, 3.8) is 0 Å². The topological polar surface area (TPSA) is 89.9 Å². The van der Waals surface area contributed by atoms with Gasteiger partial charge in [0.15, 0.2) is 5.82 Å². The average molecular weight is 304 g/mol. The molecule has 3 rings (SSSR count). The van der Waals surface area contributed by atoms with Crippen molar-refractivity contribution in [1.29, 1.82) is 0 Å². The van der Waals surface area contributed by atoms with E-state index in [-0.39, 0.29) is 23.9 Å². The normalized spacial score (nSPS) is 19.8. The zero-order chi connectivity index (χ0) is 15.7. The fraction of sp³-hybridized carbons (Fsp3) is 0.643. The molecule has 2 atom stereocenters. The van der Waals surface area contributed by atoms with Crippen molar-refractivity contribution < 1.29 is 9.32 Å². The minimum absolute atomic E-state index is 0.00361. The van der Waals surface area contributed by atoms with Crippen LogP contribution in [-0.4, -0.2) is 42.3 Å². The number of aromatic nitrogens is 5.